The molecule has 14 heavy (non-hydrogen) atoms. The molecule has 0 aliphatic carbocycles. The van der Waals surface area contributed by atoms with Crippen LogP contribution in [0, 0.1) is 0 Å². The van der Waals surface area contributed by atoms with Gasteiger partial charge in [-0.3, -0.25) is 4.90 Å². The predicted molar refractivity (Wildman–Crippen MR) is 61.6 cm³/mol. The van der Waals surface area contributed by atoms with Crippen molar-refractivity contribution in [2.45, 2.75) is 13.0 Å². The van der Waals surface area contributed by atoms with E-state index in [0.717, 1.165) is 17.1 Å². The number of likely N-dealkylation sites (N-methyl/N-ethyl adjacent to an activating group) is 1. The first kappa shape index (κ1) is 11.5. The predicted octanol–water partition coefficient (Wildman–Crippen LogP) is 2.29. The molecule has 0 aliphatic rings. The molecule has 0 amide bonds. The van der Waals surface area contributed by atoms with Gasteiger partial charge in [0.25, 0.3) is 0 Å². The van der Waals surface area contributed by atoms with Crippen molar-refractivity contribution in [2.24, 2.45) is 5.73 Å². The molecule has 1 atom stereocenters. The summed E-state index contributed by atoms with van der Waals surface area (Å²) in [5, 5.41) is 0.823. The summed E-state index contributed by atoms with van der Waals surface area (Å²) in [5.41, 5.74) is 6.67. The van der Waals surface area contributed by atoms with Crippen molar-refractivity contribution < 1.29 is 0 Å². The molecule has 2 N–H and O–H groups in total. The van der Waals surface area contributed by atoms with Crippen molar-refractivity contribution in [3.63, 3.8) is 0 Å². The van der Waals surface area contributed by atoms with E-state index in [1.165, 1.54) is 0 Å². The van der Waals surface area contributed by atoms with E-state index >= 15 is 0 Å². The van der Waals surface area contributed by atoms with E-state index in [0.29, 0.717) is 12.6 Å². The van der Waals surface area contributed by atoms with Crippen molar-refractivity contribution in [2.75, 3.05) is 20.1 Å². The molecular weight excluding hydrogens is 196 g/mol. The number of halogens is 1. The fourth-order valence-electron chi connectivity index (χ4n) is 1.45. The molecule has 0 aromatic heterocycles. The molecule has 2 nitrogen and oxygen atoms in total. The standard InChI is InChI=1S/C11H17ClN2/c1-9(14(2)8-7-13)10-5-3-4-6-11(10)12/h3-6,9H,7-8,13H2,1-2H3. The number of nitrogens with zero attached hydrogens (tertiary/aromatic N) is 1. The Morgan fingerprint density at radius 3 is 2.64 bits per heavy atom. The number of rotatable bonds is 4. The molecule has 0 spiro atoms. The highest BCUT2D eigenvalue weighted by Crippen LogP contribution is 2.25. The third kappa shape index (κ3) is 2.71. The Labute approximate surface area is 90.7 Å². The van der Waals surface area contributed by atoms with Gasteiger partial charge in [0.2, 0.25) is 0 Å². The highest BCUT2D eigenvalue weighted by atomic mass is 35.5. The molecule has 0 aliphatic heterocycles. The summed E-state index contributed by atoms with van der Waals surface area (Å²) >= 11 is 6.11. The Hall–Kier alpha value is -0.570. The SMILES string of the molecule is CC(c1ccccc1Cl)N(C)CCN. The molecule has 1 aromatic carbocycles. The van der Waals surface area contributed by atoms with E-state index < -0.39 is 0 Å². The Morgan fingerprint density at radius 2 is 2.07 bits per heavy atom. The van der Waals surface area contributed by atoms with Crippen molar-refractivity contribution in [1.82, 2.24) is 4.90 Å². The molecule has 1 aromatic rings. The monoisotopic (exact) mass is 212 g/mol. The number of benzene rings is 1. The lowest BCUT2D eigenvalue weighted by Gasteiger charge is -2.25. The summed E-state index contributed by atoms with van der Waals surface area (Å²) in [7, 11) is 2.06. The first-order valence-electron chi connectivity index (χ1n) is 4.81. The van der Waals surface area contributed by atoms with Crippen LogP contribution in [0.3, 0.4) is 0 Å². The molecule has 0 fully saturated rings. The molecular formula is C11H17ClN2. The van der Waals surface area contributed by atoms with Crippen LogP contribution in [0.5, 0.6) is 0 Å². The number of hydrogen-bond donors (Lipinski definition) is 1. The zero-order chi connectivity index (χ0) is 10.6. The number of hydrogen-bond acceptors (Lipinski definition) is 2. The molecule has 0 saturated carbocycles. The molecule has 3 heteroatoms. The minimum absolute atomic E-state index is 0.312. The Morgan fingerprint density at radius 1 is 1.43 bits per heavy atom. The van der Waals surface area contributed by atoms with Gasteiger partial charge in [0.05, 0.1) is 0 Å². The molecule has 78 valence electrons. The van der Waals surface area contributed by atoms with Gasteiger partial charge in [0, 0.05) is 24.2 Å². The summed E-state index contributed by atoms with van der Waals surface area (Å²) in [6, 6.07) is 8.24. The van der Waals surface area contributed by atoms with E-state index in [4.69, 9.17) is 17.3 Å². The summed E-state index contributed by atoms with van der Waals surface area (Å²) in [5.74, 6) is 0. The maximum atomic E-state index is 6.11. The highest BCUT2D eigenvalue weighted by molar-refractivity contribution is 6.31. The fourth-order valence-corrected chi connectivity index (χ4v) is 1.74. The second-order valence-corrected chi connectivity index (χ2v) is 3.87. The smallest absolute Gasteiger partial charge is 0.0453 e. The normalized spacial score (nSPS) is 13.2. The van der Waals surface area contributed by atoms with Crippen LogP contribution in [0.4, 0.5) is 0 Å². The van der Waals surface area contributed by atoms with Crippen LogP contribution in [-0.4, -0.2) is 25.0 Å². The maximum Gasteiger partial charge on any atom is 0.0453 e. The van der Waals surface area contributed by atoms with Crippen LogP contribution in [-0.2, 0) is 0 Å². The van der Waals surface area contributed by atoms with Gasteiger partial charge in [-0.05, 0) is 25.6 Å². The summed E-state index contributed by atoms with van der Waals surface area (Å²) < 4.78 is 0. The van der Waals surface area contributed by atoms with Crippen LogP contribution in [0.25, 0.3) is 0 Å². The summed E-state index contributed by atoms with van der Waals surface area (Å²) in [6.45, 7) is 3.69. The zero-order valence-electron chi connectivity index (χ0n) is 8.70. The fraction of sp³-hybridized carbons (Fsp3) is 0.455. The van der Waals surface area contributed by atoms with Crippen molar-refractivity contribution in [3.05, 3.63) is 34.9 Å². The maximum absolute atomic E-state index is 6.11. The number of nitrogens with two attached hydrogens (primary N) is 1. The van der Waals surface area contributed by atoms with Crippen LogP contribution in [0.15, 0.2) is 24.3 Å². The minimum atomic E-state index is 0.312. The van der Waals surface area contributed by atoms with Crippen LogP contribution >= 0.6 is 11.6 Å². The molecule has 0 saturated heterocycles. The zero-order valence-corrected chi connectivity index (χ0v) is 9.46. The molecule has 0 bridgehead atoms. The third-order valence-electron chi connectivity index (χ3n) is 2.50. The first-order chi connectivity index (χ1) is 6.66. The Kier molecular flexibility index (Phi) is 4.39. The van der Waals surface area contributed by atoms with Gasteiger partial charge in [-0.15, -0.1) is 0 Å². The van der Waals surface area contributed by atoms with Gasteiger partial charge >= 0.3 is 0 Å². The largest absolute Gasteiger partial charge is 0.329 e. The van der Waals surface area contributed by atoms with E-state index in [-0.39, 0.29) is 0 Å². The average Bonchev–Trinajstić information content (AvgIpc) is 2.18. The van der Waals surface area contributed by atoms with E-state index in [1.807, 2.05) is 18.2 Å². The molecule has 0 heterocycles. The first-order valence-corrected chi connectivity index (χ1v) is 5.19. The minimum Gasteiger partial charge on any atom is -0.329 e. The van der Waals surface area contributed by atoms with Gasteiger partial charge in [0.15, 0.2) is 0 Å². The van der Waals surface area contributed by atoms with Crippen molar-refractivity contribution in [1.29, 1.82) is 0 Å². The van der Waals surface area contributed by atoms with E-state index in [1.54, 1.807) is 0 Å². The Bertz CT molecular complexity index is 288. The van der Waals surface area contributed by atoms with Crippen molar-refractivity contribution in [3.8, 4) is 0 Å². The van der Waals surface area contributed by atoms with Crippen molar-refractivity contribution >= 4 is 11.6 Å². The van der Waals surface area contributed by atoms with Gasteiger partial charge < -0.3 is 5.73 Å². The van der Waals surface area contributed by atoms with Gasteiger partial charge in [-0.1, -0.05) is 29.8 Å². The summed E-state index contributed by atoms with van der Waals surface area (Å²) in [6.07, 6.45) is 0. The lowest BCUT2D eigenvalue weighted by molar-refractivity contribution is 0.269. The Balaban J connectivity index is 2.78. The van der Waals surface area contributed by atoms with Crippen LogP contribution < -0.4 is 5.73 Å². The van der Waals surface area contributed by atoms with Crippen LogP contribution in [0.1, 0.15) is 18.5 Å². The van der Waals surface area contributed by atoms with E-state index in [2.05, 4.69) is 24.9 Å². The topological polar surface area (TPSA) is 29.3 Å². The highest BCUT2D eigenvalue weighted by Gasteiger charge is 2.12. The van der Waals surface area contributed by atoms with E-state index in [9.17, 15) is 0 Å². The van der Waals surface area contributed by atoms with Gasteiger partial charge in [-0.25, -0.2) is 0 Å². The second-order valence-electron chi connectivity index (χ2n) is 3.47. The third-order valence-corrected chi connectivity index (χ3v) is 2.84. The lowest BCUT2D eigenvalue weighted by Crippen LogP contribution is -2.28. The summed E-state index contributed by atoms with van der Waals surface area (Å²) in [4.78, 5) is 2.20. The molecule has 0 radical (unpaired) electrons. The average molecular weight is 213 g/mol. The second kappa shape index (κ2) is 5.35. The lowest BCUT2D eigenvalue weighted by atomic mass is 10.1. The van der Waals surface area contributed by atoms with Gasteiger partial charge in [0.1, 0.15) is 0 Å². The quantitative estimate of drug-likeness (QED) is 0.830. The molecule has 1 rings (SSSR count). The molecule has 1 unspecified atom stereocenters. The van der Waals surface area contributed by atoms with Crippen LogP contribution in [0.2, 0.25) is 5.02 Å². The van der Waals surface area contributed by atoms with Gasteiger partial charge in [-0.2, -0.15) is 0 Å².